The zero-order valence-corrected chi connectivity index (χ0v) is 8.37. The molecule has 0 N–H and O–H groups in total. The van der Waals surface area contributed by atoms with Gasteiger partial charge in [-0.2, -0.15) is 0 Å². The van der Waals surface area contributed by atoms with Crippen LogP contribution in [-0.4, -0.2) is 5.78 Å². The van der Waals surface area contributed by atoms with Crippen molar-refractivity contribution in [1.29, 1.82) is 0 Å². The number of carbonyl (C=O) groups excluding carboxylic acids is 1. The molecule has 0 aliphatic rings. The smallest absolute Gasteiger partial charge is 0.155 e. The van der Waals surface area contributed by atoms with Crippen LogP contribution in [0.15, 0.2) is 17.7 Å². The SMILES string of the molecule is CC(=O)/C(C)=C/c1ccc(C)s1. The van der Waals surface area contributed by atoms with Crippen molar-refractivity contribution in [3.63, 3.8) is 0 Å². The summed E-state index contributed by atoms with van der Waals surface area (Å²) in [5.41, 5.74) is 0.817. The number of allylic oxidation sites excluding steroid dienone is 1. The van der Waals surface area contributed by atoms with Crippen molar-refractivity contribution in [2.24, 2.45) is 0 Å². The topological polar surface area (TPSA) is 17.1 Å². The highest BCUT2D eigenvalue weighted by Crippen LogP contribution is 2.18. The van der Waals surface area contributed by atoms with Gasteiger partial charge in [-0.05, 0) is 44.6 Å². The second kappa shape index (κ2) is 3.68. The fraction of sp³-hybridized carbons (Fsp3) is 0.300. The Hall–Kier alpha value is -0.890. The van der Waals surface area contributed by atoms with E-state index in [1.54, 1.807) is 18.3 Å². The number of ketones is 1. The van der Waals surface area contributed by atoms with E-state index in [1.165, 1.54) is 4.88 Å². The van der Waals surface area contributed by atoms with E-state index in [-0.39, 0.29) is 5.78 Å². The average Bonchev–Trinajstić information content (AvgIpc) is 2.35. The largest absolute Gasteiger partial charge is 0.295 e. The molecule has 0 spiro atoms. The van der Waals surface area contributed by atoms with Crippen LogP contribution in [0.3, 0.4) is 0 Å². The first-order valence-corrected chi connectivity index (χ1v) is 4.67. The van der Waals surface area contributed by atoms with Crippen LogP contribution >= 0.6 is 11.3 Å². The predicted octanol–water partition coefficient (Wildman–Crippen LogP) is 3.05. The molecule has 0 aliphatic heterocycles. The molecule has 1 aromatic rings. The first kappa shape index (κ1) is 9.20. The van der Waals surface area contributed by atoms with Crippen LogP contribution in [0.25, 0.3) is 6.08 Å². The van der Waals surface area contributed by atoms with E-state index in [0.717, 1.165) is 10.5 Å². The Morgan fingerprint density at radius 3 is 2.50 bits per heavy atom. The van der Waals surface area contributed by atoms with Crippen molar-refractivity contribution < 1.29 is 4.79 Å². The highest BCUT2D eigenvalue weighted by atomic mass is 32.1. The average molecular weight is 180 g/mol. The molecule has 1 aromatic heterocycles. The van der Waals surface area contributed by atoms with Gasteiger partial charge in [-0.25, -0.2) is 0 Å². The Balaban J connectivity index is 2.87. The third kappa shape index (κ3) is 2.31. The van der Waals surface area contributed by atoms with Crippen molar-refractivity contribution in [1.82, 2.24) is 0 Å². The minimum Gasteiger partial charge on any atom is -0.295 e. The van der Waals surface area contributed by atoms with Crippen molar-refractivity contribution in [2.45, 2.75) is 20.8 Å². The van der Waals surface area contributed by atoms with E-state index in [0.29, 0.717) is 0 Å². The molecule has 0 unspecified atom stereocenters. The molecule has 0 fully saturated rings. The Kier molecular flexibility index (Phi) is 2.82. The van der Waals surface area contributed by atoms with E-state index in [9.17, 15) is 4.79 Å². The summed E-state index contributed by atoms with van der Waals surface area (Å²) in [6.45, 7) is 5.49. The van der Waals surface area contributed by atoms with Crippen LogP contribution in [0.1, 0.15) is 23.6 Å². The molecule has 2 heteroatoms. The van der Waals surface area contributed by atoms with Crippen LogP contribution in [0.5, 0.6) is 0 Å². The van der Waals surface area contributed by atoms with Crippen LogP contribution in [0.4, 0.5) is 0 Å². The molecule has 1 rings (SSSR count). The molecule has 1 heterocycles. The van der Waals surface area contributed by atoms with Gasteiger partial charge in [0.2, 0.25) is 0 Å². The molecule has 0 saturated heterocycles. The number of hydrogen-bond donors (Lipinski definition) is 0. The summed E-state index contributed by atoms with van der Waals surface area (Å²) in [5.74, 6) is 0.140. The third-order valence-electron chi connectivity index (χ3n) is 1.68. The zero-order valence-electron chi connectivity index (χ0n) is 7.55. The fourth-order valence-electron chi connectivity index (χ4n) is 0.846. The van der Waals surface area contributed by atoms with E-state index >= 15 is 0 Å². The number of aryl methyl sites for hydroxylation is 1. The van der Waals surface area contributed by atoms with Gasteiger partial charge in [-0.3, -0.25) is 4.79 Å². The molecule has 0 radical (unpaired) electrons. The minimum atomic E-state index is 0.140. The van der Waals surface area contributed by atoms with Gasteiger partial charge in [0.25, 0.3) is 0 Å². The monoisotopic (exact) mass is 180 g/mol. The molecule has 0 amide bonds. The van der Waals surface area contributed by atoms with Crippen molar-refractivity contribution in [3.05, 3.63) is 27.5 Å². The lowest BCUT2D eigenvalue weighted by Gasteiger charge is -1.90. The van der Waals surface area contributed by atoms with Gasteiger partial charge >= 0.3 is 0 Å². The van der Waals surface area contributed by atoms with Gasteiger partial charge in [0, 0.05) is 9.75 Å². The van der Waals surface area contributed by atoms with Gasteiger partial charge in [0.05, 0.1) is 0 Å². The normalized spacial score (nSPS) is 11.8. The molecular formula is C10H12OS. The van der Waals surface area contributed by atoms with Crippen LogP contribution in [-0.2, 0) is 4.79 Å². The third-order valence-corrected chi connectivity index (χ3v) is 2.62. The number of hydrogen-bond acceptors (Lipinski definition) is 2. The first-order chi connectivity index (χ1) is 5.59. The zero-order chi connectivity index (χ0) is 9.14. The summed E-state index contributed by atoms with van der Waals surface area (Å²) in [7, 11) is 0. The summed E-state index contributed by atoms with van der Waals surface area (Å²) in [6.07, 6.45) is 1.93. The van der Waals surface area contributed by atoms with E-state index in [4.69, 9.17) is 0 Å². The van der Waals surface area contributed by atoms with Gasteiger partial charge in [-0.1, -0.05) is 0 Å². The maximum Gasteiger partial charge on any atom is 0.155 e. The lowest BCUT2D eigenvalue weighted by atomic mass is 10.2. The maximum atomic E-state index is 10.9. The van der Waals surface area contributed by atoms with Gasteiger partial charge < -0.3 is 0 Å². The second-order valence-corrected chi connectivity index (χ2v) is 4.15. The molecule has 0 aliphatic carbocycles. The standard InChI is InChI=1S/C10H12OS/c1-7(9(3)11)6-10-5-4-8(2)12-10/h4-6H,1-3H3/b7-6+. The lowest BCUT2D eigenvalue weighted by Crippen LogP contribution is -1.89. The van der Waals surface area contributed by atoms with E-state index < -0.39 is 0 Å². The summed E-state index contributed by atoms with van der Waals surface area (Å²) in [4.78, 5) is 13.3. The number of rotatable bonds is 2. The van der Waals surface area contributed by atoms with Crippen LogP contribution in [0, 0.1) is 6.92 Å². The first-order valence-electron chi connectivity index (χ1n) is 3.85. The van der Waals surface area contributed by atoms with Gasteiger partial charge in [-0.15, -0.1) is 11.3 Å². The van der Waals surface area contributed by atoms with Crippen molar-refractivity contribution >= 4 is 23.2 Å². The molecular weight excluding hydrogens is 168 g/mol. The lowest BCUT2D eigenvalue weighted by molar-refractivity contribution is -0.113. The molecule has 0 aromatic carbocycles. The summed E-state index contributed by atoms with van der Waals surface area (Å²) < 4.78 is 0. The Labute approximate surface area is 76.7 Å². The number of carbonyl (C=O) groups is 1. The molecule has 12 heavy (non-hydrogen) atoms. The number of thiophene rings is 1. The summed E-state index contributed by atoms with van der Waals surface area (Å²) in [5, 5.41) is 0. The Bertz CT molecular complexity index is 320. The second-order valence-electron chi connectivity index (χ2n) is 2.83. The van der Waals surface area contributed by atoms with E-state index in [2.05, 4.69) is 13.0 Å². The van der Waals surface area contributed by atoms with Crippen molar-refractivity contribution in [3.8, 4) is 0 Å². The molecule has 0 atom stereocenters. The molecule has 0 saturated carbocycles. The van der Waals surface area contributed by atoms with E-state index in [1.807, 2.05) is 19.1 Å². The number of Topliss-reactive ketones (excluding diaryl/α,β-unsaturated/α-hetero) is 1. The molecule has 0 bridgehead atoms. The van der Waals surface area contributed by atoms with Gasteiger partial charge in [0.15, 0.2) is 5.78 Å². The van der Waals surface area contributed by atoms with Crippen LogP contribution in [0.2, 0.25) is 0 Å². The maximum absolute atomic E-state index is 10.9. The Morgan fingerprint density at radius 2 is 2.08 bits per heavy atom. The van der Waals surface area contributed by atoms with Gasteiger partial charge in [0.1, 0.15) is 0 Å². The quantitative estimate of drug-likeness (QED) is 0.639. The minimum absolute atomic E-state index is 0.140. The Morgan fingerprint density at radius 1 is 1.42 bits per heavy atom. The highest BCUT2D eigenvalue weighted by Gasteiger charge is 1.97. The molecule has 1 nitrogen and oxygen atoms in total. The predicted molar refractivity (Wildman–Crippen MR) is 53.4 cm³/mol. The summed E-state index contributed by atoms with van der Waals surface area (Å²) >= 11 is 1.70. The summed E-state index contributed by atoms with van der Waals surface area (Å²) in [6, 6.07) is 4.09. The van der Waals surface area contributed by atoms with Crippen LogP contribution < -0.4 is 0 Å². The van der Waals surface area contributed by atoms with Crippen molar-refractivity contribution in [2.75, 3.05) is 0 Å². The fourth-order valence-corrected chi connectivity index (χ4v) is 1.73. The highest BCUT2D eigenvalue weighted by molar-refractivity contribution is 7.12. The molecule has 64 valence electrons.